The molecule has 1 unspecified atom stereocenters. The van der Waals surface area contributed by atoms with E-state index in [1.54, 1.807) is 6.92 Å². The van der Waals surface area contributed by atoms with E-state index in [1.165, 1.54) is 12.1 Å². The Kier molecular flexibility index (Phi) is 3.59. The zero-order valence-electron chi connectivity index (χ0n) is 8.82. The van der Waals surface area contributed by atoms with Crippen molar-refractivity contribution in [2.24, 2.45) is 0 Å². The Bertz CT molecular complexity index is 429. The molecule has 0 spiro atoms. The van der Waals surface area contributed by atoms with Crippen LogP contribution in [0.3, 0.4) is 0 Å². The van der Waals surface area contributed by atoms with Gasteiger partial charge in [0.2, 0.25) is 5.75 Å². The Morgan fingerprint density at radius 1 is 1.47 bits per heavy atom. The highest BCUT2D eigenvalue weighted by Crippen LogP contribution is 2.37. The van der Waals surface area contributed by atoms with Crippen molar-refractivity contribution in [1.82, 2.24) is 0 Å². The molecule has 93 valence electrons. The van der Waals surface area contributed by atoms with Crippen molar-refractivity contribution in [1.29, 1.82) is 0 Å². The van der Waals surface area contributed by atoms with Crippen LogP contribution in [0.4, 0.5) is 18.9 Å². The van der Waals surface area contributed by atoms with Gasteiger partial charge in [-0.3, -0.25) is 10.1 Å². The van der Waals surface area contributed by atoms with Gasteiger partial charge in [0.25, 0.3) is 0 Å². The predicted molar refractivity (Wildman–Crippen MR) is 53.6 cm³/mol. The third-order valence-electron chi connectivity index (χ3n) is 1.97. The lowest BCUT2D eigenvalue weighted by Crippen LogP contribution is -2.18. The van der Waals surface area contributed by atoms with Crippen LogP contribution in [0.2, 0.25) is 0 Å². The van der Waals surface area contributed by atoms with E-state index in [1.807, 2.05) is 0 Å². The van der Waals surface area contributed by atoms with Crippen LogP contribution >= 0.6 is 0 Å². The molecule has 0 aliphatic heterocycles. The summed E-state index contributed by atoms with van der Waals surface area (Å²) >= 11 is 0. The monoisotopic (exact) mass is 248 g/mol. The fourth-order valence-electron chi connectivity index (χ4n) is 1.34. The molecule has 0 aliphatic carbocycles. The van der Waals surface area contributed by atoms with Crippen molar-refractivity contribution >= 4 is 5.69 Å². The standard InChI is InChI=1S/C10H9F3NO3/c1-6(2)7-4-3-5-8(9(7)14(15)16)17-10(11,12)13/h3-6H,1H2,2H3. The van der Waals surface area contributed by atoms with Gasteiger partial charge < -0.3 is 4.74 Å². The molecule has 0 fully saturated rings. The van der Waals surface area contributed by atoms with Crippen molar-refractivity contribution in [2.75, 3.05) is 0 Å². The van der Waals surface area contributed by atoms with Gasteiger partial charge in [0.1, 0.15) is 0 Å². The highest BCUT2D eigenvalue weighted by atomic mass is 19.4. The summed E-state index contributed by atoms with van der Waals surface area (Å²) in [5.41, 5.74) is -0.607. The number of para-hydroxylation sites is 1. The van der Waals surface area contributed by atoms with E-state index in [0.29, 0.717) is 0 Å². The highest BCUT2D eigenvalue weighted by molar-refractivity contribution is 5.54. The minimum atomic E-state index is -4.96. The number of nitro groups is 1. The Balaban J connectivity index is 3.30. The number of nitrogens with zero attached hydrogens (tertiary/aromatic N) is 1. The quantitative estimate of drug-likeness (QED) is 0.608. The summed E-state index contributed by atoms with van der Waals surface area (Å²) < 4.78 is 39.8. The maximum atomic E-state index is 12.1. The lowest BCUT2D eigenvalue weighted by atomic mass is 10.0. The minimum absolute atomic E-state index is 0.0942. The molecule has 0 aromatic heterocycles. The second kappa shape index (κ2) is 4.60. The molecule has 1 aromatic rings. The van der Waals surface area contributed by atoms with Crippen molar-refractivity contribution in [2.45, 2.75) is 19.2 Å². The van der Waals surface area contributed by atoms with Gasteiger partial charge in [-0.15, -0.1) is 13.2 Å². The van der Waals surface area contributed by atoms with Gasteiger partial charge in [0, 0.05) is 5.56 Å². The summed E-state index contributed by atoms with van der Waals surface area (Å²) in [5, 5.41) is 10.8. The molecule has 1 rings (SSSR count). The van der Waals surface area contributed by atoms with E-state index in [-0.39, 0.29) is 5.56 Å². The van der Waals surface area contributed by atoms with Crippen LogP contribution in [0.25, 0.3) is 0 Å². The average Bonchev–Trinajstić information content (AvgIpc) is 2.14. The molecule has 4 nitrogen and oxygen atoms in total. The van der Waals surface area contributed by atoms with Crippen LogP contribution in [0, 0.1) is 17.0 Å². The second-order valence-electron chi connectivity index (χ2n) is 3.40. The molecule has 1 aromatic carbocycles. The predicted octanol–water partition coefficient (Wildman–Crippen LogP) is 3.43. The first-order chi connectivity index (χ1) is 7.72. The van der Waals surface area contributed by atoms with Gasteiger partial charge in [-0.25, -0.2) is 0 Å². The lowest BCUT2D eigenvalue weighted by molar-refractivity contribution is -0.389. The summed E-state index contributed by atoms with van der Waals surface area (Å²) in [6.45, 7) is 5.09. The number of hydrogen-bond acceptors (Lipinski definition) is 3. The number of hydrogen-bond donors (Lipinski definition) is 0. The zero-order valence-corrected chi connectivity index (χ0v) is 8.82. The second-order valence-corrected chi connectivity index (χ2v) is 3.40. The van der Waals surface area contributed by atoms with E-state index in [9.17, 15) is 23.3 Å². The van der Waals surface area contributed by atoms with Crippen LogP contribution in [0.5, 0.6) is 5.75 Å². The molecule has 0 saturated carbocycles. The van der Waals surface area contributed by atoms with Crippen LogP contribution in [0.1, 0.15) is 18.4 Å². The molecule has 0 heterocycles. The number of benzene rings is 1. The number of ether oxygens (including phenoxy) is 1. The summed E-state index contributed by atoms with van der Waals surface area (Å²) in [6, 6.07) is 3.50. The third kappa shape index (κ3) is 3.33. The summed E-state index contributed by atoms with van der Waals surface area (Å²) in [7, 11) is 0. The Morgan fingerprint density at radius 3 is 2.47 bits per heavy atom. The molecule has 1 radical (unpaired) electrons. The smallest absolute Gasteiger partial charge is 0.398 e. The van der Waals surface area contributed by atoms with Crippen LogP contribution in [-0.4, -0.2) is 11.3 Å². The maximum Gasteiger partial charge on any atom is 0.573 e. The van der Waals surface area contributed by atoms with Gasteiger partial charge >= 0.3 is 12.0 Å². The van der Waals surface area contributed by atoms with Gasteiger partial charge in [0.15, 0.2) is 0 Å². The molecule has 17 heavy (non-hydrogen) atoms. The van der Waals surface area contributed by atoms with Gasteiger partial charge in [-0.05, 0) is 18.9 Å². The van der Waals surface area contributed by atoms with Gasteiger partial charge in [0.05, 0.1) is 4.92 Å². The normalized spacial score (nSPS) is 11.6. The molecule has 0 amide bonds. The average molecular weight is 248 g/mol. The van der Waals surface area contributed by atoms with Crippen LogP contribution < -0.4 is 4.74 Å². The molecular formula is C10H9F3NO3. The van der Waals surface area contributed by atoms with Gasteiger partial charge in [-0.2, -0.15) is 0 Å². The van der Waals surface area contributed by atoms with Crippen LogP contribution in [-0.2, 0) is 0 Å². The molecule has 0 bridgehead atoms. The molecule has 1 atom stereocenters. The first-order valence-electron chi connectivity index (χ1n) is 4.58. The number of rotatable bonds is 3. The van der Waals surface area contributed by atoms with Crippen molar-refractivity contribution in [3.63, 3.8) is 0 Å². The van der Waals surface area contributed by atoms with Crippen molar-refractivity contribution in [3.05, 3.63) is 40.8 Å². The Morgan fingerprint density at radius 2 is 2.06 bits per heavy atom. The SMILES string of the molecule is [CH2]C(C)c1cccc(OC(F)(F)F)c1[N+](=O)[O-]. The Hall–Kier alpha value is -1.79. The summed E-state index contributed by atoms with van der Waals surface area (Å²) in [4.78, 5) is 9.86. The first-order valence-corrected chi connectivity index (χ1v) is 4.58. The molecule has 0 N–H and O–H groups in total. The van der Waals surface area contributed by atoms with E-state index in [4.69, 9.17) is 0 Å². The van der Waals surface area contributed by atoms with E-state index in [0.717, 1.165) is 6.07 Å². The largest absolute Gasteiger partial charge is 0.573 e. The first kappa shape index (κ1) is 13.3. The molecule has 0 saturated heterocycles. The summed E-state index contributed by atoms with van der Waals surface area (Å²) in [6.07, 6.45) is -4.96. The van der Waals surface area contributed by atoms with Crippen molar-refractivity contribution in [3.8, 4) is 5.75 Å². The zero-order chi connectivity index (χ0) is 13.2. The van der Waals surface area contributed by atoms with Gasteiger partial charge in [-0.1, -0.05) is 19.1 Å². The van der Waals surface area contributed by atoms with Crippen molar-refractivity contribution < 1.29 is 22.8 Å². The fraction of sp³-hybridized carbons (Fsp3) is 0.300. The molecule has 0 aliphatic rings. The lowest BCUT2D eigenvalue weighted by Gasteiger charge is -2.12. The number of nitro benzene ring substituents is 1. The Labute approximate surface area is 95.2 Å². The van der Waals surface area contributed by atoms with E-state index < -0.39 is 28.6 Å². The topological polar surface area (TPSA) is 52.4 Å². The van der Waals surface area contributed by atoms with E-state index >= 15 is 0 Å². The highest BCUT2D eigenvalue weighted by Gasteiger charge is 2.35. The summed E-state index contributed by atoms with van der Waals surface area (Å²) in [5.74, 6) is -1.34. The minimum Gasteiger partial charge on any atom is -0.398 e. The van der Waals surface area contributed by atoms with E-state index in [2.05, 4.69) is 11.7 Å². The third-order valence-corrected chi connectivity index (χ3v) is 1.97. The molecular weight excluding hydrogens is 239 g/mol. The van der Waals surface area contributed by atoms with Crippen LogP contribution in [0.15, 0.2) is 18.2 Å². The maximum absolute atomic E-state index is 12.1. The number of halogens is 3. The molecule has 7 heteroatoms. The fourth-order valence-corrected chi connectivity index (χ4v) is 1.34. The number of alkyl halides is 3.